The van der Waals surface area contributed by atoms with Gasteiger partial charge in [0.25, 0.3) is 0 Å². The van der Waals surface area contributed by atoms with Gasteiger partial charge < -0.3 is 10.5 Å². The Kier molecular flexibility index (Phi) is 2.64. The Balaban J connectivity index is 2.67. The molecule has 0 saturated heterocycles. The van der Waals surface area contributed by atoms with Crippen molar-refractivity contribution in [2.24, 2.45) is 5.73 Å². The smallest absolute Gasteiger partial charge is 0.250 e. The van der Waals surface area contributed by atoms with Crippen LogP contribution in [0.25, 0.3) is 0 Å². The first-order chi connectivity index (χ1) is 7.64. The zero-order valence-corrected chi connectivity index (χ0v) is 11.8. The summed E-state index contributed by atoms with van der Waals surface area (Å²) in [4.78, 5) is 13.7. The molecule has 1 aromatic heterocycles. The molecule has 2 rings (SSSR count). The third kappa shape index (κ3) is 2.00. The zero-order valence-electron chi connectivity index (χ0n) is 11.0. The Bertz CT molecular complexity index is 486. The van der Waals surface area contributed by atoms with Crippen molar-refractivity contribution in [3.63, 3.8) is 0 Å². The Morgan fingerprint density at radius 3 is 2.47 bits per heavy atom. The minimum Gasteiger partial charge on any atom is -0.366 e. The lowest BCUT2D eigenvalue weighted by atomic mass is 9.86. The van der Waals surface area contributed by atoms with Crippen molar-refractivity contribution >= 4 is 17.2 Å². The Morgan fingerprint density at radius 1 is 1.35 bits per heavy atom. The number of amides is 1. The summed E-state index contributed by atoms with van der Waals surface area (Å²) in [5.74, 6) is -0.325. The molecule has 0 atom stereocenters. The van der Waals surface area contributed by atoms with Crippen molar-refractivity contribution in [2.75, 3.05) is 0 Å². The van der Waals surface area contributed by atoms with Crippen molar-refractivity contribution < 1.29 is 9.53 Å². The fourth-order valence-corrected chi connectivity index (χ4v) is 3.98. The minimum absolute atomic E-state index is 0.256. The molecule has 1 aliphatic rings. The van der Waals surface area contributed by atoms with Gasteiger partial charge in [-0.15, -0.1) is 11.3 Å². The number of carbonyl (C=O) groups is 1. The van der Waals surface area contributed by atoms with Gasteiger partial charge in [-0.3, -0.25) is 4.79 Å². The van der Waals surface area contributed by atoms with Crippen LogP contribution in [0.15, 0.2) is 0 Å². The number of rotatable bonds is 1. The predicted octanol–water partition coefficient (Wildman–Crippen LogP) is 2.74. The first kappa shape index (κ1) is 12.6. The van der Waals surface area contributed by atoms with Gasteiger partial charge in [0.2, 0.25) is 5.91 Å². The van der Waals surface area contributed by atoms with Crippen molar-refractivity contribution in [1.29, 1.82) is 0 Å². The zero-order chi connectivity index (χ0) is 13.0. The molecular formula is C13H19NO2S. The van der Waals surface area contributed by atoms with Crippen LogP contribution >= 0.6 is 11.3 Å². The number of aryl methyl sites for hydroxylation is 1. The molecule has 0 radical (unpaired) electrons. The molecule has 0 fully saturated rings. The van der Waals surface area contributed by atoms with E-state index in [1.165, 1.54) is 0 Å². The van der Waals surface area contributed by atoms with Crippen LogP contribution in [0.2, 0.25) is 0 Å². The third-order valence-electron chi connectivity index (χ3n) is 3.11. The van der Waals surface area contributed by atoms with E-state index in [0.717, 1.165) is 21.7 Å². The van der Waals surface area contributed by atoms with Crippen LogP contribution in [0.3, 0.4) is 0 Å². The number of nitrogens with two attached hydrogens (primary N) is 1. The highest BCUT2D eigenvalue weighted by molar-refractivity contribution is 7.12. The quantitative estimate of drug-likeness (QED) is 0.836. The molecule has 0 spiro atoms. The number of ether oxygens (including phenoxy) is 1. The molecule has 2 heterocycles. The predicted molar refractivity (Wildman–Crippen MR) is 69.5 cm³/mol. The first-order valence-electron chi connectivity index (χ1n) is 5.77. The average molecular weight is 253 g/mol. The molecule has 0 bridgehead atoms. The molecule has 0 aliphatic carbocycles. The molecule has 17 heavy (non-hydrogen) atoms. The Hall–Kier alpha value is -0.870. The molecule has 94 valence electrons. The maximum absolute atomic E-state index is 11.6. The highest BCUT2D eigenvalue weighted by Gasteiger charge is 2.41. The van der Waals surface area contributed by atoms with E-state index in [1.54, 1.807) is 11.3 Å². The van der Waals surface area contributed by atoms with Crippen LogP contribution in [0.4, 0.5) is 0 Å². The summed E-state index contributed by atoms with van der Waals surface area (Å²) in [5, 5.41) is 0. The summed E-state index contributed by atoms with van der Waals surface area (Å²) in [6.45, 7) is 10.2. The Labute approximate surface area is 106 Å². The maximum atomic E-state index is 11.6. The van der Waals surface area contributed by atoms with E-state index < -0.39 is 0 Å². The molecule has 2 N–H and O–H groups in total. The summed E-state index contributed by atoms with van der Waals surface area (Å²) >= 11 is 1.63. The van der Waals surface area contributed by atoms with Crippen LogP contribution in [-0.4, -0.2) is 11.5 Å². The van der Waals surface area contributed by atoms with Crippen LogP contribution in [0.1, 0.15) is 53.4 Å². The van der Waals surface area contributed by atoms with E-state index in [4.69, 9.17) is 10.5 Å². The summed E-state index contributed by atoms with van der Waals surface area (Å²) in [7, 11) is 0. The molecule has 1 aromatic rings. The molecule has 0 saturated carbocycles. The van der Waals surface area contributed by atoms with Gasteiger partial charge in [0, 0.05) is 16.2 Å². The van der Waals surface area contributed by atoms with E-state index in [2.05, 4.69) is 13.8 Å². The van der Waals surface area contributed by atoms with E-state index in [9.17, 15) is 4.79 Å². The standard InChI is InChI=1S/C13H19NO2S/c1-7-9(11(14)15)8-6-12(2,3)16-13(4,5)10(8)17-7/h6H2,1-5H3,(H2,14,15). The van der Waals surface area contributed by atoms with Gasteiger partial charge in [0.1, 0.15) is 0 Å². The molecule has 3 nitrogen and oxygen atoms in total. The van der Waals surface area contributed by atoms with Crippen LogP contribution < -0.4 is 5.73 Å². The topological polar surface area (TPSA) is 52.3 Å². The summed E-state index contributed by atoms with van der Waals surface area (Å²) < 4.78 is 6.09. The summed E-state index contributed by atoms with van der Waals surface area (Å²) in [5.41, 5.74) is 6.67. The second-order valence-corrected chi connectivity index (χ2v) is 6.98. The van der Waals surface area contributed by atoms with Crippen LogP contribution in [0, 0.1) is 6.92 Å². The lowest BCUT2D eigenvalue weighted by Crippen LogP contribution is -2.42. The average Bonchev–Trinajstić information content (AvgIpc) is 2.38. The summed E-state index contributed by atoms with van der Waals surface area (Å²) in [6, 6.07) is 0. The summed E-state index contributed by atoms with van der Waals surface area (Å²) in [6.07, 6.45) is 0.744. The lowest BCUT2D eigenvalue weighted by Gasteiger charge is -2.41. The fourth-order valence-electron chi connectivity index (χ4n) is 2.77. The molecular weight excluding hydrogens is 234 g/mol. The monoisotopic (exact) mass is 253 g/mol. The van der Waals surface area contributed by atoms with Gasteiger partial charge in [-0.1, -0.05) is 0 Å². The van der Waals surface area contributed by atoms with Crippen molar-refractivity contribution in [3.8, 4) is 0 Å². The van der Waals surface area contributed by atoms with Crippen molar-refractivity contribution in [3.05, 3.63) is 20.9 Å². The fraction of sp³-hybridized carbons (Fsp3) is 0.615. The number of thiophene rings is 1. The van der Waals surface area contributed by atoms with Crippen LogP contribution in [0.5, 0.6) is 0 Å². The molecule has 1 amide bonds. The van der Waals surface area contributed by atoms with Gasteiger partial charge >= 0.3 is 0 Å². The number of primary amides is 1. The van der Waals surface area contributed by atoms with E-state index in [0.29, 0.717) is 5.56 Å². The maximum Gasteiger partial charge on any atom is 0.250 e. The van der Waals surface area contributed by atoms with Gasteiger partial charge in [0.15, 0.2) is 0 Å². The van der Waals surface area contributed by atoms with E-state index in [1.807, 2.05) is 20.8 Å². The van der Waals surface area contributed by atoms with Gasteiger partial charge in [-0.05, 0) is 40.2 Å². The SMILES string of the molecule is Cc1sc2c(c1C(N)=O)CC(C)(C)OC2(C)C. The number of fused-ring (bicyclic) bond motifs is 1. The van der Waals surface area contributed by atoms with Crippen molar-refractivity contribution in [1.82, 2.24) is 0 Å². The second-order valence-electron chi connectivity index (χ2n) is 5.75. The number of carbonyl (C=O) groups excluding carboxylic acids is 1. The molecule has 4 heteroatoms. The van der Waals surface area contributed by atoms with Crippen molar-refractivity contribution in [2.45, 2.75) is 52.2 Å². The van der Waals surface area contributed by atoms with Gasteiger partial charge in [-0.25, -0.2) is 0 Å². The van der Waals surface area contributed by atoms with E-state index in [-0.39, 0.29) is 17.1 Å². The number of hydrogen-bond acceptors (Lipinski definition) is 3. The third-order valence-corrected chi connectivity index (χ3v) is 4.56. The largest absolute Gasteiger partial charge is 0.366 e. The first-order valence-corrected chi connectivity index (χ1v) is 6.58. The normalized spacial score (nSPS) is 21.0. The van der Waals surface area contributed by atoms with Crippen LogP contribution in [-0.2, 0) is 16.8 Å². The molecule has 0 aromatic carbocycles. The minimum atomic E-state index is -0.347. The molecule has 1 aliphatic heterocycles. The van der Waals surface area contributed by atoms with E-state index >= 15 is 0 Å². The highest BCUT2D eigenvalue weighted by atomic mass is 32.1. The van der Waals surface area contributed by atoms with Gasteiger partial charge in [0.05, 0.1) is 16.8 Å². The molecule has 0 unspecified atom stereocenters. The van der Waals surface area contributed by atoms with Gasteiger partial charge in [-0.2, -0.15) is 0 Å². The second kappa shape index (κ2) is 3.56. The number of hydrogen-bond donors (Lipinski definition) is 1. The Morgan fingerprint density at radius 2 is 1.94 bits per heavy atom. The lowest BCUT2D eigenvalue weighted by molar-refractivity contribution is -0.135. The highest BCUT2D eigenvalue weighted by Crippen LogP contribution is 2.45.